The summed E-state index contributed by atoms with van der Waals surface area (Å²) < 4.78 is 0. The Morgan fingerprint density at radius 2 is 1.81 bits per heavy atom. The molecule has 0 heterocycles. The van der Waals surface area contributed by atoms with Crippen LogP contribution in [0.1, 0.15) is 107 Å². The van der Waals surface area contributed by atoms with Gasteiger partial charge in [0.15, 0.2) is 0 Å². The lowest BCUT2D eigenvalue weighted by molar-refractivity contribution is -0.121. The number of aliphatic hydroxyl groups is 1. The molecule has 2 rings (SSSR count). The molecule has 1 aromatic rings. The zero-order valence-corrected chi connectivity index (χ0v) is 16.9. The second-order valence-electron chi connectivity index (χ2n) is 8.05. The van der Waals surface area contributed by atoms with Gasteiger partial charge in [-0.3, -0.25) is 4.79 Å². The van der Waals surface area contributed by atoms with E-state index in [0.717, 1.165) is 69.6 Å². The maximum absolute atomic E-state index is 12.4. The third-order valence-corrected chi connectivity index (χ3v) is 6.02. The molecule has 0 radical (unpaired) electrons. The predicted molar refractivity (Wildman–Crippen MR) is 110 cm³/mol. The van der Waals surface area contributed by atoms with Crippen LogP contribution in [0, 0.1) is 5.92 Å². The van der Waals surface area contributed by atoms with E-state index in [0.29, 0.717) is 24.5 Å². The molecule has 150 valence electrons. The summed E-state index contributed by atoms with van der Waals surface area (Å²) in [7, 11) is 0. The van der Waals surface area contributed by atoms with E-state index in [4.69, 9.17) is 0 Å². The maximum atomic E-state index is 12.4. The average molecular weight is 373 g/mol. The minimum absolute atomic E-state index is 0.149. The van der Waals surface area contributed by atoms with E-state index in [1.54, 1.807) is 0 Å². The van der Waals surface area contributed by atoms with E-state index < -0.39 is 0 Å². The molecule has 0 aromatic heterocycles. The third kappa shape index (κ3) is 6.88. The molecule has 0 unspecified atom stereocenters. The second-order valence-corrected chi connectivity index (χ2v) is 8.05. The highest BCUT2D eigenvalue weighted by Gasteiger charge is 2.34. The largest absolute Gasteiger partial charge is 0.388 e. The molecule has 3 atom stereocenters. The first kappa shape index (κ1) is 21.8. The third-order valence-electron chi connectivity index (χ3n) is 6.02. The van der Waals surface area contributed by atoms with Gasteiger partial charge in [-0.15, -0.1) is 0 Å². The van der Waals surface area contributed by atoms with Crippen molar-refractivity contribution in [2.45, 2.75) is 96.0 Å². The van der Waals surface area contributed by atoms with Gasteiger partial charge in [-0.2, -0.15) is 0 Å². The fourth-order valence-corrected chi connectivity index (χ4v) is 4.34. The first-order valence-electron chi connectivity index (χ1n) is 10.9. The Morgan fingerprint density at radius 1 is 1.07 bits per heavy atom. The van der Waals surface area contributed by atoms with Crippen LogP contribution in [-0.2, 0) is 9.59 Å². The maximum Gasteiger partial charge on any atom is 0.136 e. The quantitative estimate of drug-likeness (QED) is 0.346. The summed E-state index contributed by atoms with van der Waals surface area (Å²) in [5.74, 6) is 0.895. The molecule has 0 bridgehead atoms. The number of benzene rings is 1. The van der Waals surface area contributed by atoms with Crippen LogP contribution in [0.25, 0.3) is 0 Å². The molecule has 0 spiro atoms. The number of hydrogen-bond acceptors (Lipinski definition) is 3. The zero-order chi connectivity index (χ0) is 19.5. The van der Waals surface area contributed by atoms with Gasteiger partial charge in [-0.25, -0.2) is 0 Å². The van der Waals surface area contributed by atoms with Crippen molar-refractivity contribution in [3.8, 4) is 0 Å². The van der Waals surface area contributed by atoms with Crippen molar-refractivity contribution < 1.29 is 14.7 Å². The van der Waals surface area contributed by atoms with Gasteiger partial charge in [0.1, 0.15) is 12.1 Å². The van der Waals surface area contributed by atoms with Crippen molar-refractivity contribution in [1.82, 2.24) is 0 Å². The summed E-state index contributed by atoms with van der Waals surface area (Å²) in [5, 5.41) is 10.3. The standard InChI is InChI=1S/C24H36O3/c1-2-3-7-11-23(26)20-14-12-19(13-15-20)21-16-17-24(27)22(21)10-8-5-4-6-9-18-25/h12-15,18,21-23,26H,2-11,16-17H2,1H3/t21-,22+,23+/m1/s1. The molecule has 1 aliphatic carbocycles. The topological polar surface area (TPSA) is 54.4 Å². The van der Waals surface area contributed by atoms with Crippen LogP contribution in [0.2, 0.25) is 0 Å². The number of unbranched alkanes of at least 4 members (excludes halogenated alkanes) is 6. The van der Waals surface area contributed by atoms with Gasteiger partial charge in [0.25, 0.3) is 0 Å². The lowest BCUT2D eigenvalue weighted by Gasteiger charge is -2.20. The van der Waals surface area contributed by atoms with Gasteiger partial charge in [-0.1, -0.05) is 69.7 Å². The Kier molecular flexibility index (Phi) is 9.75. The summed E-state index contributed by atoms with van der Waals surface area (Å²) in [4.78, 5) is 22.7. The fraction of sp³-hybridized carbons (Fsp3) is 0.667. The van der Waals surface area contributed by atoms with Crippen LogP contribution in [0.5, 0.6) is 0 Å². The van der Waals surface area contributed by atoms with Crippen LogP contribution in [-0.4, -0.2) is 17.2 Å². The van der Waals surface area contributed by atoms with Crippen LogP contribution in [0.3, 0.4) is 0 Å². The van der Waals surface area contributed by atoms with Crippen molar-refractivity contribution in [3.05, 3.63) is 35.4 Å². The molecule has 0 aliphatic heterocycles. The van der Waals surface area contributed by atoms with Gasteiger partial charge in [-0.05, 0) is 42.7 Å². The minimum Gasteiger partial charge on any atom is -0.388 e. The van der Waals surface area contributed by atoms with Crippen molar-refractivity contribution in [2.24, 2.45) is 5.92 Å². The van der Waals surface area contributed by atoms with Crippen LogP contribution >= 0.6 is 0 Å². The Balaban J connectivity index is 1.87. The van der Waals surface area contributed by atoms with Gasteiger partial charge < -0.3 is 9.90 Å². The number of aliphatic hydroxyl groups excluding tert-OH is 1. The van der Waals surface area contributed by atoms with Gasteiger partial charge in [0.05, 0.1) is 6.10 Å². The smallest absolute Gasteiger partial charge is 0.136 e. The number of carbonyl (C=O) groups is 2. The van der Waals surface area contributed by atoms with Gasteiger partial charge in [0.2, 0.25) is 0 Å². The Bertz CT molecular complexity index is 563. The molecule has 1 aromatic carbocycles. The second kappa shape index (κ2) is 12.1. The lowest BCUT2D eigenvalue weighted by atomic mass is 9.84. The molecule has 27 heavy (non-hydrogen) atoms. The highest BCUT2D eigenvalue weighted by Crippen LogP contribution is 2.40. The molecule has 3 nitrogen and oxygen atoms in total. The number of rotatable bonds is 13. The van der Waals surface area contributed by atoms with E-state index in [1.807, 2.05) is 12.1 Å². The summed E-state index contributed by atoms with van der Waals surface area (Å²) in [6.07, 6.45) is 12.3. The Hall–Kier alpha value is -1.48. The van der Waals surface area contributed by atoms with Gasteiger partial charge >= 0.3 is 0 Å². The van der Waals surface area contributed by atoms with Crippen molar-refractivity contribution >= 4 is 12.1 Å². The lowest BCUT2D eigenvalue weighted by Crippen LogP contribution is -2.13. The molecule has 1 saturated carbocycles. The van der Waals surface area contributed by atoms with E-state index in [2.05, 4.69) is 19.1 Å². The van der Waals surface area contributed by atoms with E-state index >= 15 is 0 Å². The van der Waals surface area contributed by atoms with Crippen molar-refractivity contribution in [2.75, 3.05) is 0 Å². The van der Waals surface area contributed by atoms with Crippen molar-refractivity contribution in [3.63, 3.8) is 0 Å². The van der Waals surface area contributed by atoms with Crippen LogP contribution in [0.15, 0.2) is 24.3 Å². The van der Waals surface area contributed by atoms with E-state index in [9.17, 15) is 14.7 Å². The molecule has 1 fully saturated rings. The monoisotopic (exact) mass is 372 g/mol. The fourth-order valence-electron chi connectivity index (χ4n) is 4.34. The minimum atomic E-state index is -0.377. The summed E-state index contributed by atoms with van der Waals surface area (Å²) in [5.41, 5.74) is 2.24. The number of ketones is 1. The summed E-state index contributed by atoms with van der Waals surface area (Å²) in [6.45, 7) is 2.17. The highest BCUT2D eigenvalue weighted by molar-refractivity contribution is 5.84. The first-order valence-corrected chi connectivity index (χ1v) is 10.9. The van der Waals surface area contributed by atoms with Gasteiger partial charge in [0, 0.05) is 18.8 Å². The van der Waals surface area contributed by atoms with E-state index in [-0.39, 0.29) is 12.0 Å². The first-order chi connectivity index (χ1) is 13.2. The molecular weight excluding hydrogens is 336 g/mol. The average Bonchev–Trinajstić information content (AvgIpc) is 3.05. The molecule has 3 heteroatoms. The number of Topliss-reactive ketones (excluding diaryl/α,β-unsaturated/α-hetero) is 1. The SMILES string of the molecule is CCCCC[C@H](O)c1ccc([C@H]2CCC(=O)[C@H]2CCCCCCC=O)cc1. The molecule has 1 aliphatic rings. The zero-order valence-electron chi connectivity index (χ0n) is 16.9. The molecule has 0 amide bonds. The summed E-state index contributed by atoms with van der Waals surface area (Å²) >= 11 is 0. The van der Waals surface area contributed by atoms with Crippen LogP contribution < -0.4 is 0 Å². The normalized spacial score (nSPS) is 20.7. The number of hydrogen-bond donors (Lipinski definition) is 1. The number of carbonyl (C=O) groups excluding carboxylic acids is 2. The van der Waals surface area contributed by atoms with E-state index in [1.165, 1.54) is 12.0 Å². The molecule has 0 saturated heterocycles. The molecular formula is C24H36O3. The number of aldehydes is 1. The van der Waals surface area contributed by atoms with Crippen LogP contribution in [0.4, 0.5) is 0 Å². The predicted octanol–water partition coefficient (Wildman–Crippen LogP) is 5.90. The summed E-state index contributed by atoms with van der Waals surface area (Å²) in [6, 6.07) is 8.34. The Labute approximate surface area is 164 Å². The Morgan fingerprint density at radius 3 is 2.52 bits per heavy atom. The molecule has 1 N–H and O–H groups in total. The highest BCUT2D eigenvalue weighted by atomic mass is 16.3. The van der Waals surface area contributed by atoms with Crippen molar-refractivity contribution in [1.29, 1.82) is 0 Å².